The van der Waals surface area contributed by atoms with Gasteiger partial charge in [0.05, 0.1) is 18.2 Å². The number of carbonyl (C=O) groups is 1. The van der Waals surface area contributed by atoms with Crippen molar-refractivity contribution in [2.75, 3.05) is 31.7 Å². The van der Waals surface area contributed by atoms with Crippen LogP contribution in [0.15, 0.2) is 18.2 Å². The second-order valence-corrected chi connectivity index (χ2v) is 4.11. The molecule has 0 saturated heterocycles. The molecule has 106 valence electrons. The molecule has 0 aliphatic rings. The minimum atomic E-state index is -0.586. The third-order valence-corrected chi connectivity index (χ3v) is 2.47. The lowest BCUT2D eigenvalue weighted by molar-refractivity contribution is 0.0910. The van der Waals surface area contributed by atoms with E-state index in [2.05, 4.69) is 10.6 Å². The first-order chi connectivity index (χ1) is 9.13. The fraction of sp³-hybridized carbons (Fsp3) is 0.417. The van der Waals surface area contributed by atoms with E-state index in [1.165, 1.54) is 12.1 Å². The summed E-state index contributed by atoms with van der Waals surface area (Å²) in [4.78, 5) is 11.4. The summed E-state index contributed by atoms with van der Waals surface area (Å²) in [5, 5.41) is 13.6. The van der Waals surface area contributed by atoms with Crippen molar-refractivity contribution in [2.24, 2.45) is 0 Å². The number of carbonyl (C=O) groups excluding carboxylic acids is 1. The Kier molecular flexibility index (Phi) is 7.17. The maximum Gasteiger partial charge on any atom is 0.319 e. The van der Waals surface area contributed by atoms with Crippen LogP contribution in [-0.4, -0.2) is 37.5 Å². The normalized spacial score (nSPS) is 10.3. The smallest absolute Gasteiger partial charge is 0.319 e. The number of benzene rings is 1. The summed E-state index contributed by atoms with van der Waals surface area (Å²) in [6.07, 6.45) is 0.627. The monoisotopic (exact) mass is 290 g/mol. The van der Waals surface area contributed by atoms with Crippen LogP contribution in [0.3, 0.4) is 0 Å². The molecule has 0 unspecified atom stereocenters. The summed E-state index contributed by atoms with van der Waals surface area (Å²) in [5.41, 5.74) is 0.330. The third kappa shape index (κ3) is 6.37. The highest BCUT2D eigenvalue weighted by molar-refractivity contribution is 6.30. The number of hydrogen-bond donors (Lipinski definition) is 3. The van der Waals surface area contributed by atoms with Gasteiger partial charge >= 0.3 is 6.03 Å². The van der Waals surface area contributed by atoms with Crippen LogP contribution >= 0.6 is 11.6 Å². The minimum absolute atomic E-state index is 0.00647. The van der Waals surface area contributed by atoms with Crippen molar-refractivity contribution >= 4 is 23.3 Å². The van der Waals surface area contributed by atoms with Crippen LogP contribution in [0.5, 0.6) is 0 Å². The van der Waals surface area contributed by atoms with Gasteiger partial charge in [-0.1, -0.05) is 11.6 Å². The summed E-state index contributed by atoms with van der Waals surface area (Å²) in [6.45, 7) is 1.15. The maximum absolute atomic E-state index is 13.1. The Morgan fingerprint density at radius 1 is 1.42 bits per heavy atom. The van der Waals surface area contributed by atoms with Crippen LogP contribution < -0.4 is 10.6 Å². The van der Waals surface area contributed by atoms with E-state index in [9.17, 15) is 9.18 Å². The number of rotatable bonds is 7. The fourth-order valence-electron chi connectivity index (χ4n) is 1.29. The van der Waals surface area contributed by atoms with Crippen LogP contribution in [0.1, 0.15) is 6.42 Å². The van der Waals surface area contributed by atoms with Crippen molar-refractivity contribution in [2.45, 2.75) is 6.42 Å². The minimum Gasteiger partial charge on any atom is -0.394 e. The lowest BCUT2D eigenvalue weighted by Gasteiger charge is -2.08. The number of aliphatic hydroxyl groups is 1. The summed E-state index contributed by atoms with van der Waals surface area (Å²) < 4.78 is 18.1. The van der Waals surface area contributed by atoms with E-state index in [1.54, 1.807) is 0 Å². The zero-order valence-electron chi connectivity index (χ0n) is 10.3. The number of amides is 2. The first-order valence-corrected chi connectivity index (χ1v) is 6.20. The molecule has 1 aromatic rings. The largest absolute Gasteiger partial charge is 0.394 e. The Balaban J connectivity index is 2.21. The molecule has 0 saturated carbocycles. The highest BCUT2D eigenvalue weighted by Gasteiger charge is 2.04. The molecule has 1 aromatic carbocycles. The van der Waals surface area contributed by atoms with Gasteiger partial charge in [-0.15, -0.1) is 0 Å². The van der Waals surface area contributed by atoms with E-state index in [4.69, 9.17) is 21.4 Å². The Bertz CT molecular complexity index is 418. The average molecular weight is 291 g/mol. The van der Waals surface area contributed by atoms with Crippen molar-refractivity contribution in [1.29, 1.82) is 0 Å². The van der Waals surface area contributed by atoms with Gasteiger partial charge in [0.2, 0.25) is 0 Å². The number of halogens is 2. The standard InChI is InChI=1S/C12H16ClFN2O3/c13-10-3-2-9(8-11(10)14)16-12(18)15-4-1-6-19-7-5-17/h2-3,8,17H,1,4-7H2,(H2,15,16,18). The number of urea groups is 1. The van der Waals surface area contributed by atoms with Crippen molar-refractivity contribution in [3.63, 3.8) is 0 Å². The molecule has 0 fully saturated rings. The van der Waals surface area contributed by atoms with Gasteiger partial charge in [0.15, 0.2) is 0 Å². The Hall–Kier alpha value is -1.37. The Morgan fingerprint density at radius 3 is 2.89 bits per heavy atom. The molecular weight excluding hydrogens is 275 g/mol. The predicted molar refractivity (Wildman–Crippen MR) is 71.0 cm³/mol. The number of ether oxygens (including phenoxy) is 1. The van der Waals surface area contributed by atoms with E-state index in [0.717, 1.165) is 6.07 Å². The summed E-state index contributed by atoms with van der Waals surface area (Å²) >= 11 is 5.53. The van der Waals surface area contributed by atoms with Gasteiger partial charge in [-0.05, 0) is 24.6 Å². The second kappa shape index (κ2) is 8.68. The van der Waals surface area contributed by atoms with E-state index < -0.39 is 11.8 Å². The number of hydrogen-bond acceptors (Lipinski definition) is 3. The SMILES string of the molecule is O=C(NCCCOCCO)Nc1ccc(Cl)c(F)c1. The quantitative estimate of drug-likeness (QED) is 0.673. The Morgan fingerprint density at radius 2 is 2.21 bits per heavy atom. The van der Waals surface area contributed by atoms with Gasteiger partial charge in [0.25, 0.3) is 0 Å². The van der Waals surface area contributed by atoms with Crippen molar-refractivity contribution in [3.05, 3.63) is 29.0 Å². The third-order valence-electron chi connectivity index (χ3n) is 2.16. The van der Waals surface area contributed by atoms with E-state index in [1.807, 2.05) is 0 Å². The van der Waals surface area contributed by atoms with Crippen molar-refractivity contribution in [1.82, 2.24) is 5.32 Å². The summed E-state index contributed by atoms with van der Waals surface area (Å²) in [5.74, 6) is -0.586. The molecule has 0 bridgehead atoms. The van der Waals surface area contributed by atoms with Crippen LogP contribution in [0, 0.1) is 5.82 Å². The first-order valence-electron chi connectivity index (χ1n) is 5.82. The van der Waals surface area contributed by atoms with Crippen molar-refractivity contribution < 1.29 is 19.0 Å². The number of anilines is 1. The van der Waals surface area contributed by atoms with Gasteiger partial charge < -0.3 is 20.5 Å². The molecule has 2 amide bonds. The molecule has 5 nitrogen and oxygen atoms in total. The highest BCUT2D eigenvalue weighted by atomic mass is 35.5. The van der Waals surface area contributed by atoms with Gasteiger partial charge in [-0.25, -0.2) is 9.18 Å². The van der Waals surface area contributed by atoms with Crippen molar-refractivity contribution in [3.8, 4) is 0 Å². The zero-order valence-corrected chi connectivity index (χ0v) is 11.0. The lowest BCUT2D eigenvalue weighted by Crippen LogP contribution is -2.30. The molecular formula is C12H16ClFN2O3. The van der Waals surface area contributed by atoms with Gasteiger partial charge in [-0.2, -0.15) is 0 Å². The van der Waals surface area contributed by atoms with Crippen LogP contribution in [0.25, 0.3) is 0 Å². The molecule has 0 radical (unpaired) electrons. The molecule has 0 atom stereocenters. The average Bonchev–Trinajstić information content (AvgIpc) is 2.38. The maximum atomic E-state index is 13.1. The van der Waals surface area contributed by atoms with Gasteiger partial charge in [-0.3, -0.25) is 0 Å². The molecule has 0 spiro atoms. The van der Waals surface area contributed by atoms with E-state index in [0.29, 0.717) is 25.3 Å². The van der Waals surface area contributed by atoms with E-state index >= 15 is 0 Å². The zero-order chi connectivity index (χ0) is 14.1. The molecule has 1 rings (SSSR count). The Labute approximate surface area is 115 Å². The topological polar surface area (TPSA) is 70.6 Å². The lowest BCUT2D eigenvalue weighted by atomic mass is 10.3. The highest BCUT2D eigenvalue weighted by Crippen LogP contribution is 2.18. The number of aliphatic hydroxyl groups excluding tert-OH is 1. The fourth-order valence-corrected chi connectivity index (χ4v) is 1.41. The molecule has 0 aliphatic heterocycles. The molecule has 3 N–H and O–H groups in total. The second-order valence-electron chi connectivity index (χ2n) is 3.70. The van der Waals surface area contributed by atoms with Crippen LogP contribution in [-0.2, 0) is 4.74 Å². The van der Waals surface area contributed by atoms with Gasteiger partial charge in [0.1, 0.15) is 5.82 Å². The summed E-state index contributed by atoms with van der Waals surface area (Å²) in [6, 6.07) is 3.60. The van der Waals surface area contributed by atoms with Gasteiger partial charge in [0, 0.05) is 18.8 Å². The van der Waals surface area contributed by atoms with Crippen LogP contribution in [0.2, 0.25) is 5.02 Å². The van der Waals surface area contributed by atoms with Crippen LogP contribution in [0.4, 0.5) is 14.9 Å². The molecule has 7 heteroatoms. The summed E-state index contributed by atoms with van der Waals surface area (Å²) in [7, 11) is 0. The number of nitrogens with one attached hydrogen (secondary N) is 2. The van der Waals surface area contributed by atoms with E-state index in [-0.39, 0.29) is 18.2 Å². The molecule has 0 heterocycles. The molecule has 0 aliphatic carbocycles. The predicted octanol–water partition coefficient (Wildman–Crippen LogP) is 2.00. The molecule has 0 aromatic heterocycles. The first kappa shape index (κ1) is 15.7. The molecule has 19 heavy (non-hydrogen) atoms.